The summed E-state index contributed by atoms with van der Waals surface area (Å²) in [4.78, 5) is 23.1. The van der Waals surface area contributed by atoms with Crippen LogP contribution in [0, 0.1) is 13.8 Å². The SMILES string of the molecule is CC(=O)c1c(C)[nH]c(-c2nc3cc(N4CCOCC4)ccc3n2Cc2ccccc2)c1C. The number of ketones is 1. The zero-order valence-corrected chi connectivity index (χ0v) is 18.8. The Labute approximate surface area is 187 Å². The highest BCUT2D eigenvalue weighted by molar-refractivity contribution is 5.98. The standard InChI is InChI=1S/C26H28N4O2/c1-17-24(19(3)31)18(2)27-25(17)26-28-22-15-21(29-11-13-32-14-12-29)9-10-23(22)30(26)16-20-7-5-4-6-8-20/h4-10,15,27H,11-14,16H2,1-3H3. The number of carbonyl (C=O) groups is 1. The fourth-order valence-corrected chi connectivity index (χ4v) is 4.76. The fourth-order valence-electron chi connectivity index (χ4n) is 4.76. The van der Waals surface area contributed by atoms with Crippen LogP contribution in [0.3, 0.4) is 0 Å². The molecule has 0 atom stereocenters. The van der Waals surface area contributed by atoms with Gasteiger partial charge in [0.2, 0.25) is 0 Å². The predicted octanol–water partition coefficient (Wildman–Crippen LogP) is 4.74. The number of benzene rings is 2. The molecule has 2 aromatic heterocycles. The van der Waals surface area contributed by atoms with Crippen molar-refractivity contribution < 1.29 is 9.53 Å². The van der Waals surface area contributed by atoms with E-state index in [-0.39, 0.29) is 5.78 Å². The second-order valence-corrected chi connectivity index (χ2v) is 8.46. The number of hydrogen-bond acceptors (Lipinski definition) is 4. The summed E-state index contributed by atoms with van der Waals surface area (Å²) in [6.07, 6.45) is 0. The molecule has 0 bridgehead atoms. The maximum Gasteiger partial charge on any atom is 0.161 e. The predicted molar refractivity (Wildman–Crippen MR) is 128 cm³/mol. The van der Waals surface area contributed by atoms with E-state index in [1.54, 1.807) is 6.92 Å². The summed E-state index contributed by atoms with van der Waals surface area (Å²) in [5, 5.41) is 0. The molecule has 0 aliphatic carbocycles. The summed E-state index contributed by atoms with van der Waals surface area (Å²) < 4.78 is 7.76. The number of aromatic nitrogens is 3. The van der Waals surface area contributed by atoms with Crippen LogP contribution in [-0.4, -0.2) is 46.6 Å². The number of rotatable bonds is 5. The van der Waals surface area contributed by atoms with E-state index in [2.05, 4.69) is 56.9 Å². The van der Waals surface area contributed by atoms with Crippen molar-refractivity contribution in [3.63, 3.8) is 0 Å². The largest absolute Gasteiger partial charge is 0.378 e. The van der Waals surface area contributed by atoms with E-state index in [4.69, 9.17) is 9.72 Å². The molecule has 1 fully saturated rings. The molecule has 5 rings (SSSR count). The molecule has 1 saturated heterocycles. The number of anilines is 1. The molecule has 6 heteroatoms. The molecular formula is C26H28N4O2. The molecule has 0 spiro atoms. The van der Waals surface area contributed by atoms with Gasteiger partial charge in [0, 0.05) is 36.6 Å². The lowest BCUT2D eigenvalue weighted by Crippen LogP contribution is -2.36. The second kappa shape index (κ2) is 8.28. The zero-order chi connectivity index (χ0) is 22.2. The van der Waals surface area contributed by atoms with Gasteiger partial charge in [-0.3, -0.25) is 4.79 Å². The van der Waals surface area contributed by atoms with Crippen LogP contribution in [0.1, 0.15) is 34.1 Å². The second-order valence-electron chi connectivity index (χ2n) is 8.46. The van der Waals surface area contributed by atoms with E-state index in [1.165, 1.54) is 11.3 Å². The molecule has 1 N–H and O–H groups in total. The van der Waals surface area contributed by atoms with Crippen LogP contribution in [0.2, 0.25) is 0 Å². The van der Waals surface area contributed by atoms with Crippen molar-refractivity contribution in [2.24, 2.45) is 0 Å². The van der Waals surface area contributed by atoms with Gasteiger partial charge in [-0.15, -0.1) is 0 Å². The highest BCUT2D eigenvalue weighted by Crippen LogP contribution is 2.32. The van der Waals surface area contributed by atoms with Crippen molar-refractivity contribution in [1.82, 2.24) is 14.5 Å². The van der Waals surface area contributed by atoms with Gasteiger partial charge in [0.15, 0.2) is 11.6 Å². The Bertz CT molecular complexity index is 1280. The molecule has 164 valence electrons. The van der Waals surface area contributed by atoms with Gasteiger partial charge in [-0.1, -0.05) is 30.3 Å². The summed E-state index contributed by atoms with van der Waals surface area (Å²) in [7, 11) is 0. The van der Waals surface area contributed by atoms with Gasteiger partial charge in [-0.05, 0) is 50.1 Å². The topological polar surface area (TPSA) is 63.1 Å². The minimum absolute atomic E-state index is 0.0721. The Kier molecular flexibility index (Phi) is 5.31. The summed E-state index contributed by atoms with van der Waals surface area (Å²) in [5.74, 6) is 0.930. The summed E-state index contributed by atoms with van der Waals surface area (Å²) >= 11 is 0. The molecule has 2 aromatic carbocycles. The van der Waals surface area contributed by atoms with Crippen LogP contribution in [0.4, 0.5) is 5.69 Å². The highest BCUT2D eigenvalue weighted by atomic mass is 16.5. The molecule has 6 nitrogen and oxygen atoms in total. The Hall–Kier alpha value is -3.38. The van der Waals surface area contributed by atoms with Gasteiger partial charge in [-0.25, -0.2) is 4.98 Å². The number of aromatic amines is 1. The smallest absolute Gasteiger partial charge is 0.161 e. The molecule has 1 aliphatic rings. The van der Waals surface area contributed by atoms with Crippen molar-refractivity contribution in [3.8, 4) is 11.5 Å². The number of Topliss-reactive ketones (excluding diaryl/α,β-unsaturated/α-hetero) is 1. The molecule has 32 heavy (non-hydrogen) atoms. The number of morpholine rings is 1. The summed E-state index contributed by atoms with van der Waals surface area (Å²) in [5.41, 5.74) is 7.91. The molecule has 0 saturated carbocycles. The molecule has 4 aromatic rings. The van der Waals surface area contributed by atoms with E-state index in [0.717, 1.165) is 65.7 Å². The first-order valence-corrected chi connectivity index (χ1v) is 11.1. The van der Waals surface area contributed by atoms with Gasteiger partial charge in [-0.2, -0.15) is 0 Å². The molecule has 0 amide bonds. The Morgan fingerprint density at radius 3 is 2.53 bits per heavy atom. The number of ether oxygens (including phenoxy) is 1. The van der Waals surface area contributed by atoms with E-state index in [1.807, 2.05) is 19.9 Å². The highest BCUT2D eigenvalue weighted by Gasteiger charge is 2.22. The Morgan fingerprint density at radius 1 is 1.09 bits per heavy atom. The number of fused-ring (bicyclic) bond motifs is 1. The monoisotopic (exact) mass is 428 g/mol. The van der Waals surface area contributed by atoms with Gasteiger partial charge >= 0.3 is 0 Å². The van der Waals surface area contributed by atoms with Crippen LogP contribution in [0.15, 0.2) is 48.5 Å². The first-order chi connectivity index (χ1) is 15.5. The molecule has 3 heterocycles. The lowest BCUT2D eigenvalue weighted by molar-refractivity contribution is 0.101. The molecule has 0 unspecified atom stereocenters. The van der Waals surface area contributed by atoms with Crippen LogP contribution in [-0.2, 0) is 11.3 Å². The zero-order valence-electron chi connectivity index (χ0n) is 18.8. The molecule has 1 aliphatic heterocycles. The minimum Gasteiger partial charge on any atom is -0.378 e. The third-order valence-corrected chi connectivity index (χ3v) is 6.30. The number of hydrogen-bond donors (Lipinski definition) is 1. The quantitative estimate of drug-likeness (QED) is 0.467. The van der Waals surface area contributed by atoms with E-state index < -0.39 is 0 Å². The van der Waals surface area contributed by atoms with Crippen molar-refractivity contribution in [3.05, 3.63) is 70.9 Å². The van der Waals surface area contributed by atoms with Gasteiger partial charge in [0.1, 0.15) is 0 Å². The Balaban J connectivity index is 1.67. The number of carbonyl (C=O) groups excluding carboxylic acids is 1. The number of nitrogens with zero attached hydrogens (tertiary/aromatic N) is 3. The van der Waals surface area contributed by atoms with Crippen molar-refractivity contribution in [2.75, 3.05) is 31.2 Å². The average molecular weight is 429 g/mol. The third-order valence-electron chi connectivity index (χ3n) is 6.30. The van der Waals surface area contributed by atoms with Crippen LogP contribution >= 0.6 is 0 Å². The number of nitrogens with one attached hydrogen (secondary N) is 1. The Morgan fingerprint density at radius 2 is 1.84 bits per heavy atom. The number of H-pyrrole nitrogens is 1. The maximum atomic E-state index is 12.2. The van der Waals surface area contributed by atoms with Crippen molar-refractivity contribution in [1.29, 1.82) is 0 Å². The summed E-state index contributed by atoms with van der Waals surface area (Å²) in [6, 6.07) is 16.9. The minimum atomic E-state index is 0.0721. The van der Waals surface area contributed by atoms with Crippen LogP contribution < -0.4 is 4.90 Å². The first kappa shape index (κ1) is 20.5. The molecule has 0 radical (unpaired) electrons. The lowest BCUT2D eigenvalue weighted by Gasteiger charge is -2.28. The average Bonchev–Trinajstić information content (AvgIpc) is 3.30. The third kappa shape index (κ3) is 3.60. The van der Waals surface area contributed by atoms with Gasteiger partial charge in [0.05, 0.1) is 29.9 Å². The van der Waals surface area contributed by atoms with E-state index in [9.17, 15) is 4.79 Å². The first-order valence-electron chi connectivity index (χ1n) is 11.1. The van der Waals surface area contributed by atoms with Crippen molar-refractivity contribution in [2.45, 2.75) is 27.3 Å². The van der Waals surface area contributed by atoms with Crippen LogP contribution in [0.25, 0.3) is 22.6 Å². The fraction of sp³-hybridized carbons (Fsp3) is 0.308. The van der Waals surface area contributed by atoms with Gasteiger partial charge < -0.3 is 19.2 Å². The molecular weight excluding hydrogens is 400 g/mol. The van der Waals surface area contributed by atoms with Gasteiger partial charge in [0.25, 0.3) is 0 Å². The number of imidazole rings is 1. The van der Waals surface area contributed by atoms with Crippen LogP contribution in [0.5, 0.6) is 0 Å². The van der Waals surface area contributed by atoms with E-state index >= 15 is 0 Å². The summed E-state index contributed by atoms with van der Waals surface area (Å²) in [6.45, 7) is 9.56. The van der Waals surface area contributed by atoms with E-state index in [0.29, 0.717) is 6.54 Å². The van der Waals surface area contributed by atoms with Crippen molar-refractivity contribution >= 4 is 22.5 Å². The lowest BCUT2D eigenvalue weighted by atomic mass is 10.1. The number of aryl methyl sites for hydroxylation is 1. The normalized spacial score (nSPS) is 14.3. The maximum absolute atomic E-state index is 12.2.